The maximum Gasteiger partial charge on any atom is 0.214 e. The van der Waals surface area contributed by atoms with E-state index in [0.717, 1.165) is 0 Å². The SMILES string of the molecule is O=CC[C@H](C[N+](=O)[O-])c1ccco1. The van der Waals surface area contributed by atoms with Gasteiger partial charge in [0.1, 0.15) is 12.0 Å². The second kappa shape index (κ2) is 4.39. The van der Waals surface area contributed by atoms with E-state index in [4.69, 9.17) is 4.42 Å². The zero-order valence-corrected chi connectivity index (χ0v) is 6.88. The summed E-state index contributed by atoms with van der Waals surface area (Å²) in [5, 5.41) is 10.2. The third-order valence-corrected chi connectivity index (χ3v) is 1.70. The molecule has 0 aromatic carbocycles. The van der Waals surface area contributed by atoms with Crippen molar-refractivity contribution in [2.24, 2.45) is 0 Å². The fourth-order valence-corrected chi connectivity index (χ4v) is 1.10. The number of aldehydes is 1. The van der Waals surface area contributed by atoms with Crippen molar-refractivity contribution in [3.63, 3.8) is 0 Å². The topological polar surface area (TPSA) is 73.3 Å². The van der Waals surface area contributed by atoms with Crippen LogP contribution in [0.3, 0.4) is 0 Å². The minimum Gasteiger partial charge on any atom is -0.469 e. The second-order valence-corrected chi connectivity index (χ2v) is 2.63. The monoisotopic (exact) mass is 183 g/mol. The average Bonchev–Trinajstić information content (AvgIpc) is 2.54. The number of rotatable bonds is 5. The van der Waals surface area contributed by atoms with Crippen molar-refractivity contribution in [1.82, 2.24) is 0 Å². The van der Waals surface area contributed by atoms with Crippen LogP contribution < -0.4 is 0 Å². The Morgan fingerprint density at radius 2 is 2.46 bits per heavy atom. The summed E-state index contributed by atoms with van der Waals surface area (Å²) in [6, 6.07) is 3.28. The normalized spacial score (nSPS) is 12.3. The molecular weight excluding hydrogens is 174 g/mol. The van der Waals surface area contributed by atoms with Crippen LogP contribution in [0.25, 0.3) is 0 Å². The van der Waals surface area contributed by atoms with Gasteiger partial charge in [-0.1, -0.05) is 0 Å². The number of nitrogens with zero attached hydrogens (tertiary/aromatic N) is 1. The molecule has 1 aromatic rings. The molecule has 0 aliphatic heterocycles. The van der Waals surface area contributed by atoms with Crippen LogP contribution in [0.15, 0.2) is 22.8 Å². The molecule has 0 radical (unpaired) electrons. The third-order valence-electron chi connectivity index (χ3n) is 1.70. The molecule has 1 heterocycles. The van der Waals surface area contributed by atoms with Gasteiger partial charge in [-0.2, -0.15) is 0 Å². The molecule has 1 rings (SSSR count). The summed E-state index contributed by atoms with van der Waals surface area (Å²) in [4.78, 5) is 20.0. The van der Waals surface area contributed by atoms with Crippen LogP contribution in [-0.2, 0) is 4.79 Å². The van der Waals surface area contributed by atoms with Gasteiger partial charge in [0.25, 0.3) is 0 Å². The molecule has 0 spiro atoms. The molecule has 13 heavy (non-hydrogen) atoms. The molecule has 5 heteroatoms. The standard InChI is InChI=1S/C8H9NO4/c10-4-3-7(6-9(11)12)8-2-1-5-13-8/h1-2,4-5,7H,3,6H2/t7-/m1/s1. The Morgan fingerprint density at radius 3 is 2.92 bits per heavy atom. The maximum absolute atomic E-state index is 10.2. The number of hydrogen-bond donors (Lipinski definition) is 0. The van der Waals surface area contributed by atoms with Crippen LogP contribution in [-0.4, -0.2) is 17.8 Å². The van der Waals surface area contributed by atoms with Gasteiger partial charge in [-0.05, 0) is 12.1 Å². The van der Waals surface area contributed by atoms with Gasteiger partial charge < -0.3 is 9.21 Å². The van der Waals surface area contributed by atoms with E-state index in [1.54, 1.807) is 12.1 Å². The number of hydrogen-bond acceptors (Lipinski definition) is 4. The second-order valence-electron chi connectivity index (χ2n) is 2.63. The van der Waals surface area contributed by atoms with Gasteiger partial charge >= 0.3 is 0 Å². The summed E-state index contributed by atoms with van der Waals surface area (Å²) < 4.78 is 4.99. The Labute approximate surface area is 74.5 Å². The summed E-state index contributed by atoms with van der Waals surface area (Å²) in [5.41, 5.74) is 0. The molecule has 0 unspecified atom stereocenters. The minimum atomic E-state index is -0.448. The Hall–Kier alpha value is -1.65. The largest absolute Gasteiger partial charge is 0.469 e. The Kier molecular flexibility index (Phi) is 3.19. The highest BCUT2D eigenvalue weighted by atomic mass is 16.6. The lowest BCUT2D eigenvalue weighted by atomic mass is 10.0. The highest BCUT2D eigenvalue weighted by Gasteiger charge is 2.19. The first-order chi connectivity index (χ1) is 6.24. The van der Waals surface area contributed by atoms with E-state index in [2.05, 4.69) is 0 Å². The lowest BCUT2D eigenvalue weighted by Crippen LogP contribution is -2.12. The first-order valence-corrected chi connectivity index (χ1v) is 3.83. The van der Waals surface area contributed by atoms with Crippen LogP contribution in [0.4, 0.5) is 0 Å². The van der Waals surface area contributed by atoms with Gasteiger partial charge in [-0.3, -0.25) is 10.1 Å². The van der Waals surface area contributed by atoms with E-state index >= 15 is 0 Å². The number of carbonyl (C=O) groups is 1. The Morgan fingerprint density at radius 1 is 1.69 bits per heavy atom. The summed E-state index contributed by atoms with van der Waals surface area (Å²) in [6.07, 6.45) is 2.22. The molecule has 0 saturated carbocycles. The van der Waals surface area contributed by atoms with Crippen molar-refractivity contribution in [3.8, 4) is 0 Å². The van der Waals surface area contributed by atoms with E-state index in [-0.39, 0.29) is 13.0 Å². The number of furan rings is 1. The van der Waals surface area contributed by atoms with Gasteiger partial charge in [0, 0.05) is 11.3 Å². The van der Waals surface area contributed by atoms with Crippen molar-refractivity contribution in [2.45, 2.75) is 12.3 Å². The maximum atomic E-state index is 10.2. The van der Waals surface area contributed by atoms with Gasteiger partial charge in [0.15, 0.2) is 0 Å². The van der Waals surface area contributed by atoms with E-state index in [0.29, 0.717) is 12.0 Å². The Bertz CT molecular complexity index is 280. The van der Waals surface area contributed by atoms with E-state index < -0.39 is 10.8 Å². The minimum absolute atomic E-state index is 0.120. The molecule has 1 aromatic heterocycles. The summed E-state index contributed by atoms with van der Waals surface area (Å²) in [5.74, 6) is 0.0475. The Balaban J connectivity index is 2.67. The van der Waals surface area contributed by atoms with Gasteiger partial charge in [-0.25, -0.2) is 0 Å². The van der Waals surface area contributed by atoms with Crippen molar-refractivity contribution >= 4 is 6.29 Å². The van der Waals surface area contributed by atoms with Crippen LogP contribution in [0.2, 0.25) is 0 Å². The fourth-order valence-electron chi connectivity index (χ4n) is 1.10. The molecule has 70 valence electrons. The third kappa shape index (κ3) is 2.70. The lowest BCUT2D eigenvalue weighted by molar-refractivity contribution is -0.483. The van der Waals surface area contributed by atoms with Crippen LogP contribution in [0.5, 0.6) is 0 Å². The van der Waals surface area contributed by atoms with E-state index in [9.17, 15) is 14.9 Å². The predicted molar refractivity (Wildman–Crippen MR) is 44.0 cm³/mol. The molecule has 5 nitrogen and oxygen atoms in total. The summed E-state index contributed by atoms with van der Waals surface area (Å²) in [6.45, 7) is -0.272. The summed E-state index contributed by atoms with van der Waals surface area (Å²) >= 11 is 0. The zero-order valence-electron chi connectivity index (χ0n) is 6.88. The van der Waals surface area contributed by atoms with E-state index in [1.165, 1.54) is 6.26 Å². The molecule has 0 N–H and O–H groups in total. The molecule has 0 fully saturated rings. The van der Waals surface area contributed by atoms with Crippen LogP contribution in [0, 0.1) is 10.1 Å². The number of nitro groups is 1. The van der Waals surface area contributed by atoms with Crippen LogP contribution in [0.1, 0.15) is 18.1 Å². The van der Waals surface area contributed by atoms with Crippen molar-refractivity contribution in [1.29, 1.82) is 0 Å². The smallest absolute Gasteiger partial charge is 0.214 e. The van der Waals surface area contributed by atoms with Crippen LogP contribution >= 0.6 is 0 Å². The molecule has 0 aliphatic carbocycles. The van der Waals surface area contributed by atoms with Crippen molar-refractivity contribution in [2.75, 3.05) is 6.54 Å². The molecule has 0 bridgehead atoms. The molecule has 0 amide bonds. The zero-order chi connectivity index (χ0) is 9.68. The predicted octanol–water partition coefficient (Wildman–Crippen LogP) is 1.23. The van der Waals surface area contributed by atoms with Gasteiger partial charge in [0.2, 0.25) is 6.54 Å². The average molecular weight is 183 g/mol. The lowest BCUT2D eigenvalue weighted by Gasteiger charge is -2.04. The first-order valence-electron chi connectivity index (χ1n) is 3.83. The highest BCUT2D eigenvalue weighted by Crippen LogP contribution is 2.18. The van der Waals surface area contributed by atoms with Gasteiger partial charge in [-0.15, -0.1) is 0 Å². The number of carbonyl (C=O) groups excluding carboxylic acids is 1. The highest BCUT2D eigenvalue weighted by molar-refractivity contribution is 5.51. The first kappa shape index (κ1) is 9.44. The van der Waals surface area contributed by atoms with Gasteiger partial charge in [0.05, 0.1) is 12.2 Å². The summed E-state index contributed by atoms with van der Waals surface area (Å²) in [7, 11) is 0. The van der Waals surface area contributed by atoms with Crippen molar-refractivity contribution in [3.05, 3.63) is 34.3 Å². The molecule has 0 aliphatic rings. The van der Waals surface area contributed by atoms with Crippen molar-refractivity contribution < 1.29 is 14.1 Å². The molecule has 1 atom stereocenters. The molecular formula is C8H9NO4. The van der Waals surface area contributed by atoms with E-state index in [1.807, 2.05) is 0 Å². The fraction of sp³-hybridized carbons (Fsp3) is 0.375. The quantitative estimate of drug-likeness (QED) is 0.391. The molecule has 0 saturated heterocycles.